The first-order valence-electron chi connectivity index (χ1n) is 24.3. The second kappa shape index (κ2) is 27.4. The Hall–Kier alpha value is -4.92. The Morgan fingerprint density at radius 2 is 1.40 bits per heavy atom. The quantitative estimate of drug-likeness (QED) is 0.132. The van der Waals surface area contributed by atoms with Crippen LogP contribution in [0, 0.1) is 48.2 Å². The van der Waals surface area contributed by atoms with Crippen LogP contribution in [0.3, 0.4) is 0 Å². The van der Waals surface area contributed by atoms with Crippen molar-refractivity contribution in [2.75, 3.05) is 141 Å². The molecule has 1 aromatic heterocycles. The molecule has 0 aliphatic carbocycles. The predicted octanol–water partition coefficient (Wildman–Crippen LogP) is 1.40. The topological polar surface area (TPSA) is 243 Å². The molecule has 0 bridgehead atoms. The number of aromatic nitrogens is 2. The van der Waals surface area contributed by atoms with Gasteiger partial charge < -0.3 is 40.1 Å². The Bertz CT molecular complexity index is 2410. The number of likely N-dealkylation sites (tertiary alicyclic amines) is 1. The van der Waals surface area contributed by atoms with Crippen LogP contribution in [0.2, 0.25) is 5.02 Å². The summed E-state index contributed by atoms with van der Waals surface area (Å²) in [5.74, 6) is -2.74. The third-order valence-corrected chi connectivity index (χ3v) is 14.1. The fraction of sp³-hybridized carbons (Fsp3) is 0.551. The van der Waals surface area contributed by atoms with Gasteiger partial charge in [0, 0.05) is 151 Å². The number of rotatable bonds is 18. The van der Waals surface area contributed by atoms with E-state index in [9.17, 15) is 44.6 Å². The van der Waals surface area contributed by atoms with E-state index in [4.69, 9.17) is 26.3 Å². The third kappa shape index (κ3) is 15.6. The number of piperazine rings is 1. The predicted molar refractivity (Wildman–Crippen MR) is 266 cm³/mol. The second-order valence-electron chi connectivity index (χ2n) is 18.5. The maximum atomic E-state index is 13.5. The van der Waals surface area contributed by atoms with Crippen LogP contribution >= 0.6 is 11.6 Å². The number of halogens is 1. The molecule has 397 valence electrons. The van der Waals surface area contributed by atoms with E-state index in [1.54, 1.807) is 19.6 Å². The van der Waals surface area contributed by atoms with Crippen LogP contribution in [0.1, 0.15) is 30.5 Å². The summed E-state index contributed by atoms with van der Waals surface area (Å²) in [5, 5.41) is 44.1. The third-order valence-electron chi connectivity index (χ3n) is 13.8. The van der Waals surface area contributed by atoms with Crippen LogP contribution in [-0.4, -0.2) is 227 Å². The zero-order valence-corrected chi connectivity index (χ0v) is 42.8. The van der Waals surface area contributed by atoms with E-state index >= 15 is 0 Å². The molecular formula is C49H65ClLuN12O9. The van der Waals surface area contributed by atoms with Crippen molar-refractivity contribution in [2.24, 2.45) is 0 Å². The molecule has 72 heavy (non-hydrogen) atoms. The molecule has 3 aromatic rings. The van der Waals surface area contributed by atoms with Gasteiger partial charge in [-0.25, -0.2) is 0 Å². The van der Waals surface area contributed by atoms with Crippen molar-refractivity contribution in [3.8, 4) is 12.1 Å². The number of carboxylic acid groups (broad SMARTS) is 3. The number of aliphatic carboxylic acids is 3. The molecule has 2 atom stereocenters. The smallest absolute Gasteiger partial charge is 0.318 e. The van der Waals surface area contributed by atoms with Crippen molar-refractivity contribution in [3.05, 3.63) is 65.3 Å². The van der Waals surface area contributed by atoms with Crippen LogP contribution in [0.25, 0.3) is 10.8 Å². The van der Waals surface area contributed by atoms with Gasteiger partial charge in [0.05, 0.1) is 62.0 Å². The first kappa shape index (κ1) is 56.4. The van der Waals surface area contributed by atoms with Gasteiger partial charge in [-0.1, -0.05) is 42.4 Å². The van der Waals surface area contributed by atoms with Crippen LogP contribution in [0.4, 0.5) is 11.5 Å². The fourth-order valence-electron chi connectivity index (χ4n) is 10.1. The number of nitrogens with zero attached hydrogens (tertiary/aromatic N) is 11. The van der Waals surface area contributed by atoms with E-state index < -0.39 is 17.9 Å². The Kier molecular flexibility index (Phi) is 21.5. The average Bonchev–Trinajstić information content (AvgIpc) is 3.80. The number of amides is 2. The number of benzene rings is 2. The minimum absolute atomic E-state index is 0. The van der Waals surface area contributed by atoms with E-state index in [1.807, 2.05) is 35.2 Å². The zero-order valence-electron chi connectivity index (χ0n) is 40.4. The Labute approximate surface area is 454 Å². The van der Waals surface area contributed by atoms with Crippen molar-refractivity contribution in [1.82, 2.24) is 44.7 Å². The van der Waals surface area contributed by atoms with Gasteiger partial charge in [0.2, 0.25) is 11.8 Å². The molecule has 4 aliphatic heterocycles. The van der Waals surface area contributed by atoms with Gasteiger partial charge in [-0.05, 0) is 49.4 Å². The van der Waals surface area contributed by atoms with Crippen molar-refractivity contribution >= 4 is 63.6 Å². The number of nitrogens with one attached hydrogen (secondary N) is 1. The first-order chi connectivity index (χ1) is 34.3. The molecule has 0 spiro atoms. The molecular weight excluding hydrogens is 1110 g/mol. The summed E-state index contributed by atoms with van der Waals surface area (Å²) in [5.41, 5.74) is 2.85. The van der Waals surface area contributed by atoms with Crippen LogP contribution in [-0.2, 0) is 36.9 Å². The summed E-state index contributed by atoms with van der Waals surface area (Å²) >= 11 is 6.79. The van der Waals surface area contributed by atoms with Gasteiger partial charge in [0.1, 0.15) is 12.4 Å². The van der Waals surface area contributed by atoms with Crippen LogP contribution in [0.15, 0.2) is 49.1 Å². The van der Waals surface area contributed by atoms with E-state index in [0.717, 1.165) is 52.9 Å². The molecule has 5 heterocycles. The number of ether oxygens (including phenoxy) is 1. The number of carbonyl (C=O) groups is 5. The first-order valence-corrected chi connectivity index (χ1v) is 24.7. The van der Waals surface area contributed by atoms with E-state index in [1.165, 1.54) is 6.08 Å². The second-order valence-corrected chi connectivity index (χ2v) is 18.9. The molecule has 2 amide bonds. The Morgan fingerprint density at radius 1 is 0.792 bits per heavy atom. The van der Waals surface area contributed by atoms with Crippen molar-refractivity contribution < 1.29 is 80.9 Å². The molecule has 4 N–H and O–H groups in total. The number of carbonyl (C=O) groups excluding carboxylic acids is 2. The Morgan fingerprint density at radius 3 is 2.00 bits per heavy atom. The number of carboxylic acids is 3. The van der Waals surface area contributed by atoms with Crippen LogP contribution in [0.5, 0.6) is 6.01 Å². The monoisotopic (exact) mass is 1180 g/mol. The summed E-state index contributed by atoms with van der Waals surface area (Å²) in [6.45, 7) is 10.0. The molecule has 7 rings (SSSR count). The maximum Gasteiger partial charge on any atom is 0.318 e. The van der Waals surface area contributed by atoms with Crippen molar-refractivity contribution in [3.63, 3.8) is 0 Å². The molecule has 3 fully saturated rings. The normalized spacial score (nSPS) is 20.1. The fourth-order valence-corrected chi connectivity index (χ4v) is 10.4. The summed E-state index contributed by atoms with van der Waals surface area (Å²) in [6.07, 6.45) is 3.92. The van der Waals surface area contributed by atoms with E-state index in [0.29, 0.717) is 103 Å². The van der Waals surface area contributed by atoms with Gasteiger partial charge in [0.25, 0.3) is 0 Å². The molecule has 1 radical (unpaired) electrons. The average molecular weight is 1180 g/mol. The van der Waals surface area contributed by atoms with Gasteiger partial charge in [-0.15, -0.1) is 0 Å². The van der Waals surface area contributed by atoms with Crippen molar-refractivity contribution in [2.45, 2.75) is 44.3 Å². The maximum absolute atomic E-state index is 13.5. The van der Waals surface area contributed by atoms with Gasteiger partial charge in [-0.3, -0.25) is 48.5 Å². The molecule has 2 aromatic carbocycles. The largest absolute Gasteiger partial charge is 0.480 e. The van der Waals surface area contributed by atoms with Gasteiger partial charge in [0.15, 0.2) is 0 Å². The SMILES string of the molecule is C=CC(=O)N1CCN(c2nc(OC[C@@H]3CCCN3CCNC(=O)CN3CCN(CC(=O)O)CCN(CC(=O)O)CCN(CC(=O)O)CC3)nc3c2CCN(c2cccc4cccc(Cl)c24)C3)C[C@@H]1CC#N.[Lu]. The molecule has 4 aliphatic rings. The van der Waals surface area contributed by atoms with Crippen LogP contribution < -0.4 is 19.9 Å². The minimum Gasteiger partial charge on any atom is -0.480 e. The summed E-state index contributed by atoms with van der Waals surface area (Å²) in [6, 6.07) is 14.2. The molecule has 21 nitrogen and oxygen atoms in total. The minimum atomic E-state index is -1.03. The van der Waals surface area contributed by atoms with E-state index in [2.05, 4.69) is 38.7 Å². The standard InChI is InChI=1S/C49H65ClN12O9.Lu/c1-2-43(64)62-27-26-61(28-36(62)11-13-51)48-38-12-16-60(41-10-4-7-35-6-3-9-39(50)47(35)41)29-40(38)53-49(54-48)71-34-37-8-5-15-59(37)17-14-52-42(63)30-55-18-20-56(31-44(65)66)22-24-58(33-46(69)70)25-23-57(21-19-55)32-45(67)68;/h2-4,6-7,9-10,36-37H,1,5,8,11-12,14-34H2,(H,52,63)(H,65,66)(H,67,68)(H,69,70);/t36-,37-;/m0./s1. The summed E-state index contributed by atoms with van der Waals surface area (Å²) < 4.78 is 6.51. The molecule has 0 unspecified atom stereocenters. The Balaban J connectivity index is 0.00000847. The van der Waals surface area contributed by atoms with Crippen molar-refractivity contribution in [1.29, 1.82) is 5.26 Å². The molecule has 3 saturated heterocycles. The van der Waals surface area contributed by atoms with Gasteiger partial charge in [-0.2, -0.15) is 15.2 Å². The number of anilines is 2. The number of fused-ring (bicyclic) bond motifs is 2. The number of nitriles is 1. The number of hydrogen-bond acceptors (Lipinski definition) is 16. The summed E-state index contributed by atoms with van der Waals surface area (Å²) in [4.78, 5) is 86.8. The van der Waals surface area contributed by atoms with E-state index in [-0.39, 0.29) is 112 Å². The molecule has 0 saturated carbocycles. The molecule has 23 heteroatoms. The number of hydrogen-bond donors (Lipinski definition) is 4. The summed E-state index contributed by atoms with van der Waals surface area (Å²) in [7, 11) is 0. The zero-order chi connectivity index (χ0) is 50.4. The van der Waals surface area contributed by atoms with Gasteiger partial charge >= 0.3 is 23.9 Å².